The molecule has 1 heterocycles. The van der Waals surface area contributed by atoms with Gasteiger partial charge in [0.2, 0.25) is 0 Å². The highest BCUT2D eigenvalue weighted by atomic mass is 16.6. The van der Waals surface area contributed by atoms with Crippen LogP contribution in [-0.2, 0) is 6.54 Å². The summed E-state index contributed by atoms with van der Waals surface area (Å²) in [7, 11) is 0. The highest BCUT2D eigenvalue weighted by Gasteiger charge is 2.10. The molecule has 0 saturated carbocycles. The van der Waals surface area contributed by atoms with E-state index in [-0.39, 0.29) is 12.2 Å². The Bertz CT molecular complexity index is 522. The Morgan fingerprint density at radius 3 is 2.94 bits per heavy atom. The second-order valence-electron chi connectivity index (χ2n) is 3.12. The number of nitro groups is 1. The number of hydrogen-bond donors (Lipinski definition) is 2. The molecule has 0 aliphatic heterocycles. The van der Waals surface area contributed by atoms with Gasteiger partial charge >= 0.3 is 0 Å². The van der Waals surface area contributed by atoms with Crippen LogP contribution in [0.15, 0.2) is 24.3 Å². The van der Waals surface area contributed by atoms with Crippen LogP contribution >= 0.6 is 0 Å². The zero-order valence-electron chi connectivity index (χ0n) is 8.25. The van der Waals surface area contributed by atoms with Crippen molar-refractivity contribution in [3.8, 4) is 11.4 Å². The largest absolute Gasteiger partial charge is 0.324 e. The van der Waals surface area contributed by atoms with Crippen molar-refractivity contribution >= 4 is 5.69 Å². The minimum Gasteiger partial charge on any atom is -0.324 e. The molecule has 0 aliphatic rings. The average molecular weight is 219 g/mol. The van der Waals surface area contributed by atoms with Crippen LogP contribution in [0.5, 0.6) is 0 Å². The molecule has 0 radical (unpaired) electrons. The smallest absolute Gasteiger partial charge is 0.270 e. The van der Waals surface area contributed by atoms with Gasteiger partial charge in [0.15, 0.2) is 5.82 Å². The molecule has 7 heteroatoms. The van der Waals surface area contributed by atoms with Gasteiger partial charge in [0.25, 0.3) is 5.69 Å². The van der Waals surface area contributed by atoms with E-state index in [1.165, 1.54) is 12.1 Å². The van der Waals surface area contributed by atoms with Crippen molar-refractivity contribution in [1.82, 2.24) is 15.2 Å². The highest BCUT2D eigenvalue weighted by molar-refractivity contribution is 5.58. The molecule has 0 bridgehead atoms. The van der Waals surface area contributed by atoms with Crippen molar-refractivity contribution in [2.75, 3.05) is 0 Å². The number of hydrogen-bond acceptors (Lipinski definition) is 5. The van der Waals surface area contributed by atoms with Crippen LogP contribution in [0.1, 0.15) is 5.82 Å². The van der Waals surface area contributed by atoms with E-state index in [1.807, 2.05) is 0 Å². The summed E-state index contributed by atoms with van der Waals surface area (Å²) in [6.07, 6.45) is 0. The Morgan fingerprint density at radius 1 is 1.50 bits per heavy atom. The summed E-state index contributed by atoms with van der Waals surface area (Å²) in [5.41, 5.74) is 5.98. The number of benzene rings is 1. The first-order chi connectivity index (χ1) is 7.70. The molecule has 1 aromatic carbocycles. The van der Waals surface area contributed by atoms with Gasteiger partial charge in [-0.05, 0) is 0 Å². The fourth-order valence-electron chi connectivity index (χ4n) is 1.27. The zero-order valence-corrected chi connectivity index (χ0v) is 8.25. The van der Waals surface area contributed by atoms with Crippen LogP contribution in [0.3, 0.4) is 0 Å². The predicted octanol–water partition coefficient (Wildman–Crippen LogP) is 0.839. The van der Waals surface area contributed by atoms with Crippen molar-refractivity contribution in [3.63, 3.8) is 0 Å². The van der Waals surface area contributed by atoms with E-state index in [4.69, 9.17) is 5.73 Å². The molecule has 3 N–H and O–H groups in total. The third kappa shape index (κ3) is 1.89. The fraction of sp³-hybridized carbons (Fsp3) is 0.111. The van der Waals surface area contributed by atoms with Crippen LogP contribution in [0.25, 0.3) is 11.4 Å². The molecule has 82 valence electrons. The number of nitrogens with one attached hydrogen (secondary N) is 1. The summed E-state index contributed by atoms with van der Waals surface area (Å²) in [6.45, 7) is 0.252. The van der Waals surface area contributed by atoms with Crippen LogP contribution < -0.4 is 5.73 Å². The summed E-state index contributed by atoms with van der Waals surface area (Å²) in [5, 5.41) is 17.1. The first kappa shape index (κ1) is 10.2. The Hall–Kier alpha value is -2.28. The topological polar surface area (TPSA) is 111 Å². The number of aromatic amines is 1. The lowest BCUT2D eigenvalue weighted by Gasteiger charge is -1.94. The molecule has 2 rings (SSSR count). The molecule has 1 aromatic heterocycles. The zero-order chi connectivity index (χ0) is 11.5. The standard InChI is InChI=1S/C9H9N5O2/c10-5-8-11-9(13-12-8)6-2-1-3-7(4-6)14(15)16/h1-4H,5,10H2,(H,11,12,13). The Morgan fingerprint density at radius 2 is 2.31 bits per heavy atom. The van der Waals surface area contributed by atoms with Crippen LogP contribution in [0, 0.1) is 10.1 Å². The van der Waals surface area contributed by atoms with Gasteiger partial charge in [-0.15, -0.1) is 0 Å². The van der Waals surface area contributed by atoms with Crippen molar-refractivity contribution in [2.45, 2.75) is 6.54 Å². The van der Waals surface area contributed by atoms with Crippen molar-refractivity contribution < 1.29 is 4.92 Å². The molecule has 0 fully saturated rings. The molecule has 0 amide bonds. The van der Waals surface area contributed by atoms with Gasteiger partial charge in [0.1, 0.15) is 5.82 Å². The monoisotopic (exact) mass is 219 g/mol. The van der Waals surface area contributed by atoms with Crippen LogP contribution in [0.2, 0.25) is 0 Å². The number of rotatable bonds is 3. The molecule has 0 unspecified atom stereocenters. The quantitative estimate of drug-likeness (QED) is 0.586. The van der Waals surface area contributed by atoms with Gasteiger partial charge in [-0.2, -0.15) is 5.10 Å². The number of H-pyrrole nitrogens is 1. The molecular formula is C9H9N5O2. The summed E-state index contributed by atoms with van der Waals surface area (Å²) < 4.78 is 0. The van der Waals surface area contributed by atoms with Gasteiger partial charge in [-0.25, -0.2) is 4.98 Å². The van der Waals surface area contributed by atoms with E-state index in [9.17, 15) is 10.1 Å². The summed E-state index contributed by atoms with van der Waals surface area (Å²) >= 11 is 0. The molecule has 0 aliphatic carbocycles. The SMILES string of the molecule is NCc1nc(-c2cccc([N+](=O)[O-])c2)n[nH]1. The minimum absolute atomic E-state index is 0.0107. The van der Waals surface area contributed by atoms with Crippen LogP contribution in [0.4, 0.5) is 5.69 Å². The van der Waals surface area contributed by atoms with E-state index >= 15 is 0 Å². The number of aromatic nitrogens is 3. The lowest BCUT2D eigenvalue weighted by molar-refractivity contribution is -0.384. The van der Waals surface area contributed by atoms with Gasteiger partial charge in [-0.1, -0.05) is 12.1 Å². The summed E-state index contributed by atoms with van der Waals surface area (Å²) in [6, 6.07) is 6.13. The molecule has 0 saturated heterocycles. The third-order valence-electron chi connectivity index (χ3n) is 2.04. The molecule has 7 nitrogen and oxygen atoms in total. The van der Waals surface area contributed by atoms with Gasteiger partial charge in [0.05, 0.1) is 11.5 Å². The van der Waals surface area contributed by atoms with Gasteiger partial charge in [-0.3, -0.25) is 15.2 Å². The van der Waals surface area contributed by atoms with E-state index < -0.39 is 4.92 Å². The lowest BCUT2D eigenvalue weighted by Crippen LogP contribution is -1.97. The lowest BCUT2D eigenvalue weighted by atomic mass is 10.2. The Labute approximate surface area is 90.5 Å². The van der Waals surface area contributed by atoms with Crippen LogP contribution in [-0.4, -0.2) is 20.1 Å². The van der Waals surface area contributed by atoms with Gasteiger partial charge in [0, 0.05) is 17.7 Å². The molecule has 0 spiro atoms. The Balaban J connectivity index is 2.40. The summed E-state index contributed by atoms with van der Waals surface area (Å²) in [5.74, 6) is 0.950. The second kappa shape index (κ2) is 4.07. The van der Waals surface area contributed by atoms with Gasteiger partial charge < -0.3 is 5.73 Å². The number of nitro benzene ring substituents is 1. The van der Waals surface area contributed by atoms with E-state index in [2.05, 4.69) is 15.2 Å². The Kier molecular flexibility index (Phi) is 2.61. The normalized spacial score (nSPS) is 10.3. The fourth-order valence-corrected chi connectivity index (χ4v) is 1.27. The maximum atomic E-state index is 10.6. The number of non-ortho nitro benzene ring substituents is 1. The summed E-state index contributed by atoms with van der Waals surface area (Å²) in [4.78, 5) is 14.2. The molecule has 16 heavy (non-hydrogen) atoms. The van der Waals surface area contributed by atoms with Crippen molar-refractivity contribution in [3.05, 3.63) is 40.2 Å². The minimum atomic E-state index is -0.458. The number of nitrogens with two attached hydrogens (primary N) is 1. The second-order valence-corrected chi connectivity index (χ2v) is 3.12. The van der Waals surface area contributed by atoms with E-state index in [0.29, 0.717) is 17.2 Å². The highest BCUT2D eigenvalue weighted by Crippen LogP contribution is 2.20. The molecule has 0 atom stereocenters. The number of nitrogens with zero attached hydrogens (tertiary/aromatic N) is 3. The first-order valence-corrected chi connectivity index (χ1v) is 4.57. The maximum Gasteiger partial charge on any atom is 0.270 e. The molecule has 2 aromatic rings. The third-order valence-corrected chi connectivity index (χ3v) is 2.04. The average Bonchev–Trinajstić information content (AvgIpc) is 2.77. The predicted molar refractivity (Wildman–Crippen MR) is 56.4 cm³/mol. The van der Waals surface area contributed by atoms with E-state index in [1.54, 1.807) is 12.1 Å². The van der Waals surface area contributed by atoms with Crippen molar-refractivity contribution in [2.24, 2.45) is 5.73 Å². The maximum absolute atomic E-state index is 10.6. The van der Waals surface area contributed by atoms with E-state index in [0.717, 1.165) is 0 Å². The van der Waals surface area contributed by atoms with Crippen molar-refractivity contribution in [1.29, 1.82) is 0 Å². The molecular weight excluding hydrogens is 210 g/mol. The first-order valence-electron chi connectivity index (χ1n) is 4.57.